The molecule has 8 heteroatoms. The zero-order valence-corrected chi connectivity index (χ0v) is 15.8. The molecular weight excluding hydrogens is 350 g/mol. The summed E-state index contributed by atoms with van der Waals surface area (Å²) in [5.41, 5.74) is 5.59. The van der Waals surface area contributed by atoms with Gasteiger partial charge in [-0.2, -0.15) is 0 Å². The molecule has 1 heterocycles. The van der Waals surface area contributed by atoms with Crippen LogP contribution < -0.4 is 5.48 Å². The van der Waals surface area contributed by atoms with Crippen LogP contribution in [0.25, 0.3) is 0 Å². The van der Waals surface area contributed by atoms with E-state index in [-0.39, 0.29) is 24.2 Å². The Labute approximate surface area is 157 Å². The lowest BCUT2D eigenvalue weighted by atomic mass is 9.75. The van der Waals surface area contributed by atoms with Gasteiger partial charge >= 0.3 is 5.97 Å². The molecule has 0 saturated carbocycles. The van der Waals surface area contributed by atoms with Crippen molar-refractivity contribution in [2.24, 2.45) is 10.9 Å². The van der Waals surface area contributed by atoms with E-state index in [1.807, 2.05) is 6.92 Å². The van der Waals surface area contributed by atoms with Crippen molar-refractivity contribution >= 4 is 17.4 Å². The van der Waals surface area contributed by atoms with E-state index in [0.717, 1.165) is 16.8 Å². The molecule has 0 aromatic heterocycles. The number of nitrogens with one attached hydrogen (secondary N) is 1. The molecule has 2 rings (SSSR count). The summed E-state index contributed by atoms with van der Waals surface area (Å²) < 4.78 is 5.26. The molecule has 0 saturated heterocycles. The molecular formula is C19H23N3O5. The summed E-state index contributed by atoms with van der Waals surface area (Å²) in [7, 11) is 1.49. The fourth-order valence-corrected chi connectivity index (χ4v) is 3.17. The Bertz CT molecular complexity index is 796. The number of nitrogens with zero attached hydrogens (tertiary/aromatic N) is 2. The zero-order valence-electron chi connectivity index (χ0n) is 15.8. The summed E-state index contributed by atoms with van der Waals surface area (Å²) in [6.45, 7) is 5.65. The molecule has 1 aliphatic heterocycles. The summed E-state index contributed by atoms with van der Waals surface area (Å²) in [4.78, 5) is 32.5. The van der Waals surface area contributed by atoms with Gasteiger partial charge in [0.2, 0.25) is 0 Å². The quantitative estimate of drug-likeness (QED) is 0.447. The maximum absolute atomic E-state index is 12.7. The van der Waals surface area contributed by atoms with Crippen LogP contribution in [0.4, 0.5) is 5.69 Å². The molecule has 1 N–H and O–H groups in total. The van der Waals surface area contributed by atoms with Crippen LogP contribution in [0.2, 0.25) is 0 Å². The van der Waals surface area contributed by atoms with E-state index >= 15 is 0 Å². The van der Waals surface area contributed by atoms with Crippen LogP contribution in [0.15, 0.2) is 52.8 Å². The van der Waals surface area contributed by atoms with Crippen molar-refractivity contribution in [2.45, 2.75) is 26.7 Å². The summed E-state index contributed by atoms with van der Waals surface area (Å²) in [5.74, 6) is -1.37. The van der Waals surface area contributed by atoms with E-state index in [9.17, 15) is 14.9 Å². The number of ether oxygens (including phenoxy) is 1. The highest BCUT2D eigenvalue weighted by Gasteiger charge is 2.38. The average molecular weight is 373 g/mol. The molecule has 144 valence electrons. The number of rotatable bonds is 7. The second-order valence-electron chi connectivity index (χ2n) is 6.01. The maximum atomic E-state index is 12.7. The lowest BCUT2D eigenvalue weighted by Crippen LogP contribution is -2.34. The number of carbonyl (C=O) groups is 1. The number of hydroxylamine groups is 1. The largest absolute Gasteiger partial charge is 0.465 e. The predicted octanol–water partition coefficient (Wildman–Crippen LogP) is 3.27. The molecule has 27 heavy (non-hydrogen) atoms. The summed E-state index contributed by atoms with van der Waals surface area (Å²) in [6, 6.07) is 6.20. The molecule has 8 nitrogen and oxygen atoms in total. The fraction of sp³-hybridized carbons (Fsp3) is 0.368. The van der Waals surface area contributed by atoms with E-state index < -0.39 is 10.8 Å². The second kappa shape index (κ2) is 9.09. The van der Waals surface area contributed by atoms with Gasteiger partial charge in [0.15, 0.2) is 0 Å². The normalized spacial score (nSPS) is 19.8. The third-order valence-electron chi connectivity index (χ3n) is 4.33. The lowest BCUT2D eigenvalue weighted by molar-refractivity contribution is -0.384. The van der Waals surface area contributed by atoms with E-state index in [4.69, 9.17) is 9.57 Å². The number of hydrogen-bond acceptors (Lipinski definition) is 7. The van der Waals surface area contributed by atoms with Crippen LogP contribution in [0.3, 0.4) is 0 Å². The minimum atomic E-state index is -0.614. The van der Waals surface area contributed by atoms with Crippen molar-refractivity contribution in [1.82, 2.24) is 5.48 Å². The predicted molar refractivity (Wildman–Crippen MR) is 101 cm³/mol. The van der Waals surface area contributed by atoms with Crippen LogP contribution >= 0.6 is 0 Å². The summed E-state index contributed by atoms with van der Waals surface area (Å²) in [6.07, 6.45) is 3.39. The van der Waals surface area contributed by atoms with Crippen molar-refractivity contribution in [1.29, 1.82) is 0 Å². The number of benzene rings is 1. The number of carbonyl (C=O) groups excluding carboxylic acids is 1. The lowest BCUT2D eigenvalue weighted by Gasteiger charge is -2.31. The standard InChI is InChI=1S/C19H23N3O5/c1-5-27-19(23)17-13(3)21-12(2)16(10-11-20-26-4)18(17)14-6-8-15(9-7-14)22(24)25/h6-11,17-18,20H,5H2,1-4H3. The summed E-state index contributed by atoms with van der Waals surface area (Å²) in [5, 5.41) is 11.0. The van der Waals surface area contributed by atoms with Crippen LogP contribution in [0, 0.1) is 16.0 Å². The number of non-ortho nitro benzene ring substituents is 1. The molecule has 0 fully saturated rings. The highest BCUT2D eigenvalue weighted by Crippen LogP contribution is 2.40. The Balaban J connectivity index is 2.55. The van der Waals surface area contributed by atoms with Gasteiger partial charge in [0.25, 0.3) is 5.69 Å². The molecule has 0 bridgehead atoms. The first-order chi connectivity index (χ1) is 12.9. The number of nitro groups is 1. The van der Waals surface area contributed by atoms with Crippen LogP contribution in [0.1, 0.15) is 32.3 Å². The second-order valence-corrected chi connectivity index (χ2v) is 6.01. The van der Waals surface area contributed by atoms with Crippen molar-refractivity contribution in [2.75, 3.05) is 13.7 Å². The van der Waals surface area contributed by atoms with Crippen LogP contribution in [-0.4, -0.2) is 30.3 Å². The number of aliphatic imine (C=N–C) groups is 1. The van der Waals surface area contributed by atoms with Gasteiger partial charge in [-0.25, -0.2) is 0 Å². The molecule has 0 spiro atoms. The van der Waals surface area contributed by atoms with Gasteiger partial charge in [0.1, 0.15) is 5.92 Å². The molecule has 1 aliphatic rings. The molecule has 1 aromatic rings. The van der Waals surface area contributed by atoms with Gasteiger partial charge in [0, 0.05) is 35.7 Å². The first-order valence-electron chi connectivity index (χ1n) is 8.52. The van der Waals surface area contributed by atoms with Crippen molar-refractivity contribution in [3.05, 3.63) is 63.5 Å². The Hall–Kier alpha value is -3.00. The van der Waals surface area contributed by atoms with E-state index in [1.54, 1.807) is 38.3 Å². The monoisotopic (exact) mass is 373 g/mol. The molecule has 2 unspecified atom stereocenters. The number of nitro benzene ring substituents is 1. The van der Waals surface area contributed by atoms with Gasteiger partial charge in [-0.3, -0.25) is 30.2 Å². The average Bonchev–Trinajstić information content (AvgIpc) is 2.63. The highest BCUT2D eigenvalue weighted by atomic mass is 16.6. The van der Waals surface area contributed by atoms with E-state index in [2.05, 4.69) is 10.5 Å². The first-order valence-corrected chi connectivity index (χ1v) is 8.52. The van der Waals surface area contributed by atoms with Gasteiger partial charge < -0.3 is 4.74 Å². The van der Waals surface area contributed by atoms with Gasteiger partial charge in [-0.1, -0.05) is 12.1 Å². The van der Waals surface area contributed by atoms with Crippen molar-refractivity contribution in [3.8, 4) is 0 Å². The smallest absolute Gasteiger partial charge is 0.315 e. The fourth-order valence-electron chi connectivity index (χ4n) is 3.17. The van der Waals surface area contributed by atoms with Gasteiger partial charge in [0.05, 0.1) is 18.6 Å². The summed E-state index contributed by atoms with van der Waals surface area (Å²) >= 11 is 0. The Kier molecular flexibility index (Phi) is 6.84. The van der Waals surface area contributed by atoms with Crippen LogP contribution in [0.5, 0.6) is 0 Å². The number of esters is 1. The van der Waals surface area contributed by atoms with Crippen molar-refractivity contribution < 1.29 is 19.3 Å². The van der Waals surface area contributed by atoms with Gasteiger partial charge in [-0.15, -0.1) is 0 Å². The third-order valence-corrected chi connectivity index (χ3v) is 4.33. The minimum Gasteiger partial charge on any atom is -0.465 e. The molecule has 0 aliphatic carbocycles. The number of hydrogen-bond donors (Lipinski definition) is 1. The SMILES string of the molecule is CCOC(=O)C1C(C)=NC(C)=C(C=CNOC)C1c1ccc([N+](=O)[O-])cc1. The highest BCUT2D eigenvalue weighted by molar-refractivity contribution is 6.03. The van der Waals surface area contributed by atoms with E-state index in [0.29, 0.717) is 5.71 Å². The zero-order chi connectivity index (χ0) is 20.0. The topological polar surface area (TPSA) is 103 Å². The first kappa shape index (κ1) is 20.3. The molecule has 1 aromatic carbocycles. The van der Waals surface area contributed by atoms with Gasteiger partial charge in [-0.05, 0) is 38.0 Å². The molecule has 0 radical (unpaired) electrons. The van der Waals surface area contributed by atoms with E-state index in [1.165, 1.54) is 19.2 Å². The maximum Gasteiger partial charge on any atom is 0.315 e. The minimum absolute atomic E-state index is 0.00789. The Morgan fingerprint density at radius 3 is 2.56 bits per heavy atom. The Morgan fingerprint density at radius 2 is 2.00 bits per heavy atom. The van der Waals surface area contributed by atoms with Crippen LogP contribution in [-0.2, 0) is 14.4 Å². The third kappa shape index (κ3) is 4.59. The Morgan fingerprint density at radius 1 is 1.33 bits per heavy atom. The molecule has 0 amide bonds. The number of allylic oxidation sites excluding steroid dienone is 3. The molecule has 2 atom stereocenters. The van der Waals surface area contributed by atoms with Crippen molar-refractivity contribution in [3.63, 3.8) is 0 Å².